The third kappa shape index (κ3) is 4.51. The van der Waals surface area contributed by atoms with Crippen LogP contribution in [0.2, 0.25) is 0 Å². The van der Waals surface area contributed by atoms with Gasteiger partial charge in [0.1, 0.15) is 5.75 Å². The van der Waals surface area contributed by atoms with Gasteiger partial charge in [0.25, 0.3) is 0 Å². The number of nitrogens with zero attached hydrogens (tertiary/aromatic N) is 2. The minimum Gasteiger partial charge on any atom is -0.439 e. The highest BCUT2D eigenvalue weighted by molar-refractivity contribution is 7.10. The number of hydrogen-bond donors (Lipinski definition) is 1. The lowest BCUT2D eigenvalue weighted by molar-refractivity contribution is -0.111. The second kappa shape index (κ2) is 7.72. The monoisotopic (exact) mass is 351 g/mol. The van der Waals surface area contributed by atoms with Crippen molar-refractivity contribution >= 4 is 29.0 Å². The van der Waals surface area contributed by atoms with Crippen molar-refractivity contribution in [2.45, 2.75) is 13.8 Å². The Bertz CT molecular complexity index is 888. The maximum Gasteiger partial charge on any atom is 0.248 e. The number of carbonyl (C=O) groups excluding carboxylic acids is 1. The average Bonchev–Trinajstić information content (AvgIpc) is 3.12. The highest BCUT2D eigenvalue weighted by Gasteiger charge is 2.05. The van der Waals surface area contributed by atoms with Crippen LogP contribution in [-0.4, -0.2) is 15.9 Å². The van der Waals surface area contributed by atoms with E-state index in [1.807, 2.05) is 32.0 Å². The Morgan fingerprint density at radius 3 is 2.80 bits per heavy atom. The van der Waals surface area contributed by atoms with Crippen LogP contribution in [0.15, 0.2) is 54.3 Å². The number of benzene rings is 1. The van der Waals surface area contributed by atoms with Crippen molar-refractivity contribution in [3.63, 3.8) is 0 Å². The molecule has 3 aromatic rings. The average molecular weight is 351 g/mol. The second-order valence-corrected chi connectivity index (χ2v) is 6.33. The Labute approximate surface area is 150 Å². The molecule has 0 bridgehead atoms. The molecule has 2 aromatic heterocycles. The smallest absolute Gasteiger partial charge is 0.248 e. The molecule has 0 spiro atoms. The van der Waals surface area contributed by atoms with Gasteiger partial charge < -0.3 is 10.1 Å². The minimum atomic E-state index is -0.224. The van der Waals surface area contributed by atoms with Crippen molar-refractivity contribution in [3.8, 4) is 11.6 Å². The first-order valence-corrected chi connectivity index (χ1v) is 8.57. The number of anilines is 1. The van der Waals surface area contributed by atoms with Gasteiger partial charge in [-0.1, -0.05) is 12.1 Å². The zero-order chi connectivity index (χ0) is 17.6. The van der Waals surface area contributed by atoms with Gasteiger partial charge in [-0.15, -0.1) is 11.3 Å². The fourth-order valence-corrected chi connectivity index (χ4v) is 2.62. The molecule has 1 N–H and O–H groups in total. The molecular formula is C19H17N3O2S. The van der Waals surface area contributed by atoms with Gasteiger partial charge in [0.2, 0.25) is 11.8 Å². The van der Waals surface area contributed by atoms with Crippen LogP contribution in [0.3, 0.4) is 0 Å². The molecule has 0 saturated carbocycles. The van der Waals surface area contributed by atoms with E-state index >= 15 is 0 Å². The molecule has 0 fully saturated rings. The van der Waals surface area contributed by atoms with E-state index in [0.29, 0.717) is 11.6 Å². The molecule has 1 aromatic carbocycles. The molecule has 0 aliphatic carbocycles. The molecule has 126 valence electrons. The first kappa shape index (κ1) is 16.9. The van der Waals surface area contributed by atoms with E-state index in [1.54, 1.807) is 36.1 Å². The predicted molar refractivity (Wildman–Crippen MR) is 100 cm³/mol. The van der Waals surface area contributed by atoms with Crippen LogP contribution in [0.1, 0.15) is 16.0 Å². The maximum atomic E-state index is 11.9. The molecule has 0 saturated heterocycles. The molecule has 6 heteroatoms. The van der Waals surface area contributed by atoms with Crippen LogP contribution < -0.4 is 10.1 Å². The number of aromatic nitrogens is 2. The lowest BCUT2D eigenvalue weighted by atomic mass is 10.1. The summed E-state index contributed by atoms with van der Waals surface area (Å²) >= 11 is 1.47. The first-order chi connectivity index (χ1) is 12.1. The van der Waals surface area contributed by atoms with Crippen LogP contribution in [0.25, 0.3) is 6.08 Å². The van der Waals surface area contributed by atoms with Gasteiger partial charge in [0.05, 0.1) is 17.4 Å². The summed E-state index contributed by atoms with van der Waals surface area (Å²) in [6.45, 7) is 4.04. The molecule has 0 aliphatic rings. The van der Waals surface area contributed by atoms with Crippen molar-refractivity contribution in [1.82, 2.24) is 9.97 Å². The van der Waals surface area contributed by atoms with Gasteiger partial charge in [-0.05, 0) is 43.2 Å². The summed E-state index contributed by atoms with van der Waals surface area (Å²) in [6.07, 6.45) is 6.46. The Morgan fingerprint density at radius 2 is 2.08 bits per heavy atom. The number of carbonyl (C=O) groups is 1. The Morgan fingerprint density at radius 1 is 1.20 bits per heavy atom. The van der Waals surface area contributed by atoms with Crippen molar-refractivity contribution in [1.29, 1.82) is 0 Å². The molecule has 0 atom stereocenters. The topological polar surface area (TPSA) is 64.1 Å². The van der Waals surface area contributed by atoms with Gasteiger partial charge in [-0.3, -0.25) is 9.78 Å². The molecule has 0 radical (unpaired) electrons. The fourth-order valence-electron chi connectivity index (χ4n) is 2.11. The number of thiazole rings is 1. The Kier molecular flexibility index (Phi) is 5.20. The highest BCUT2D eigenvalue weighted by atomic mass is 32.1. The fraction of sp³-hybridized carbons (Fsp3) is 0.105. The van der Waals surface area contributed by atoms with Gasteiger partial charge in [0, 0.05) is 23.2 Å². The minimum absolute atomic E-state index is 0.224. The number of nitrogens with one attached hydrogen (secondary N) is 1. The number of aryl methyl sites for hydroxylation is 1. The van der Waals surface area contributed by atoms with Crippen molar-refractivity contribution in [3.05, 3.63) is 70.3 Å². The second-order valence-electron chi connectivity index (χ2n) is 5.41. The number of amides is 1. The molecular weight excluding hydrogens is 334 g/mol. The SMILES string of the molecule is Cc1cccc(Oc2ccc(NC(=O)/C=C/c3cncs3)cn2)c1C. The highest BCUT2D eigenvalue weighted by Crippen LogP contribution is 2.26. The summed E-state index contributed by atoms with van der Waals surface area (Å²) in [5.41, 5.74) is 4.56. The molecule has 2 heterocycles. The number of hydrogen-bond acceptors (Lipinski definition) is 5. The summed E-state index contributed by atoms with van der Waals surface area (Å²) in [5.74, 6) is 1.03. The van der Waals surface area contributed by atoms with E-state index in [9.17, 15) is 4.79 Å². The number of ether oxygens (including phenoxy) is 1. The molecule has 25 heavy (non-hydrogen) atoms. The van der Waals surface area contributed by atoms with E-state index in [0.717, 1.165) is 21.8 Å². The Hall–Kier alpha value is -2.99. The molecule has 0 unspecified atom stereocenters. The normalized spacial score (nSPS) is 10.8. The molecule has 1 amide bonds. The largest absolute Gasteiger partial charge is 0.439 e. The van der Waals surface area contributed by atoms with E-state index in [1.165, 1.54) is 17.4 Å². The summed E-state index contributed by atoms with van der Waals surface area (Å²) in [5, 5.41) is 2.76. The molecule has 0 aliphatic heterocycles. The standard InChI is InChI=1S/C19H17N3O2S/c1-13-4-3-5-17(14(13)2)24-19-9-6-15(10-21-19)22-18(23)8-7-16-11-20-12-25-16/h3-12H,1-2H3,(H,22,23)/b8-7+. The van der Waals surface area contributed by atoms with Crippen molar-refractivity contribution in [2.75, 3.05) is 5.32 Å². The lowest BCUT2D eigenvalue weighted by Gasteiger charge is -2.10. The van der Waals surface area contributed by atoms with Gasteiger partial charge in [-0.25, -0.2) is 4.98 Å². The van der Waals surface area contributed by atoms with Crippen LogP contribution in [0, 0.1) is 13.8 Å². The first-order valence-electron chi connectivity index (χ1n) is 7.69. The number of pyridine rings is 1. The number of rotatable bonds is 5. The van der Waals surface area contributed by atoms with E-state index < -0.39 is 0 Å². The summed E-state index contributed by atoms with van der Waals surface area (Å²) in [7, 11) is 0. The van der Waals surface area contributed by atoms with Gasteiger partial charge >= 0.3 is 0 Å². The van der Waals surface area contributed by atoms with Crippen LogP contribution in [0.5, 0.6) is 11.6 Å². The zero-order valence-corrected chi connectivity index (χ0v) is 14.7. The maximum absolute atomic E-state index is 11.9. The Balaban J connectivity index is 1.62. The van der Waals surface area contributed by atoms with E-state index in [2.05, 4.69) is 15.3 Å². The van der Waals surface area contributed by atoms with Gasteiger partial charge in [0.15, 0.2) is 0 Å². The van der Waals surface area contributed by atoms with E-state index in [4.69, 9.17) is 4.74 Å². The summed E-state index contributed by atoms with van der Waals surface area (Å²) in [4.78, 5) is 21.0. The third-order valence-electron chi connectivity index (χ3n) is 3.62. The predicted octanol–water partition coefficient (Wildman–Crippen LogP) is 4.60. The quantitative estimate of drug-likeness (QED) is 0.682. The van der Waals surface area contributed by atoms with Crippen LogP contribution in [0.4, 0.5) is 5.69 Å². The lowest BCUT2D eigenvalue weighted by Crippen LogP contribution is -2.07. The van der Waals surface area contributed by atoms with Crippen LogP contribution >= 0.6 is 11.3 Å². The molecule has 3 rings (SSSR count). The summed E-state index contributed by atoms with van der Waals surface area (Å²) < 4.78 is 5.80. The summed E-state index contributed by atoms with van der Waals surface area (Å²) in [6, 6.07) is 9.37. The third-order valence-corrected chi connectivity index (χ3v) is 4.36. The van der Waals surface area contributed by atoms with Crippen LogP contribution in [-0.2, 0) is 4.79 Å². The van der Waals surface area contributed by atoms with Gasteiger partial charge in [-0.2, -0.15) is 0 Å². The zero-order valence-electron chi connectivity index (χ0n) is 13.9. The van der Waals surface area contributed by atoms with Crippen molar-refractivity contribution < 1.29 is 9.53 Å². The van der Waals surface area contributed by atoms with E-state index in [-0.39, 0.29) is 5.91 Å². The molecule has 5 nitrogen and oxygen atoms in total. The van der Waals surface area contributed by atoms with Crippen molar-refractivity contribution in [2.24, 2.45) is 0 Å².